The van der Waals surface area contributed by atoms with Crippen molar-refractivity contribution in [2.24, 2.45) is 5.92 Å². The maximum absolute atomic E-state index is 12.6. The number of β-lactam (4-membered cyclic amide) rings is 1. The smallest absolute Gasteiger partial charge is 0.302 e. The maximum Gasteiger partial charge on any atom is 0.302 e. The van der Waals surface area contributed by atoms with Crippen molar-refractivity contribution in [2.75, 3.05) is 18.6 Å². The summed E-state index contributed by atoms with van der Waals surface area (Å²) in [6.45, 7) is 1.44. The summed E-state index contributed by atoms with van der Waals surface area (Å²) in [6.07, 6.45) is 0. The summed E-state index contributed by atoms with van der Waals surface area (Å²) in [6, 6.07) is 16.9. The highest BCUT2D eigenvalue weighted by molar-refractivity contribution is 6.03. The summed E-state index contributed by atoms with van der Waals surface area (Å²) < 4.78 is 10.3. The van der Waals surface area contributed by atoms with Crippen molar-refractivity contribution in [3.8, 4) is 5.75 Å². The Hall–Kier alpha value is -2.82. The van der Waals surface area contributed by atoms with Gasteiger partial charge in [-0.1, -0.05) is 30.3 Å². The van der Waals surface area contributed by atoms with Crippen LogP contribution in [0.4, 0.5) is 5.69 Å². The molecule has 1 aliphatic heterocycles. The van der Waals surface area contributed by atoms with Crippen LogP contribution in [0.5, 0.6) is 5.75 Å². The third-order valence-electron chi connectivity index (χ3n) is 4.17. The van der Waals surface area contributed by atoms with E-state index in [0.717, 1.165) is 17.0 Å². The first kappa shape index (κ1) is 16.1. The predicted octanol–water partition coefficient (Wildman–Crippen LogP) is 2.96. The van der Waals surface area contributed by atoms with Gasteiger partial charge in [-0.25, -0.2) is 0 Å². The second-order valence-electron chi connectivity index (χ2n) is 5.67. The number of para-hydroxylation sites is 1. The highest BCUT2D eigenvalue weighted by atomic mass is 16.5. The van der Waals surface area contributed by atoms with Gasteiger partial charge in [-0.05, 0) is 29.8 Å². The number of ether oxygens (including phenoxy) is 2. The van der Waals surface area contributed by atoms with Crippen LogP contribution >= 0.6 is 0 Å². The average Bonchev–Trinajstić information content (AvgIpc) is 2.60. The fourth-order valence-electron chi connectivity index (χ4n) is 2.98. The number of benzene rings is 2. The fraction of sp³-hybridized carbons (Fsp3) is 0.263. The largest absolute Gasteiger partial charge is 0.497 e. The fourth-order valence-corrected chi connectivity index (χ4v) is 2.98. The second kappa shape index (κ2) is 6.74. The molecule has 0 spiro atoms. The Morgan fingerprint density at radius 3 is 2.33 bits per heavy atom. The molecule has 0 unspecified atom stereocenters. The van der Waals surface area contributed by atoms with E-state index in [2.05, 4.69) is 0 Å². The quantitative estimate of drug-likeness (QED) is 0.626. The zero-order chi connectivity index (χ0) is 17.1. The average molecular weight is 325 g/mol. The molecule has 3 rings (SSSR count). The molecule has 2 atom stereocenters. The third kappa shape index (κ3) is 2.97. The summed E-state index contributed by atoms with van der Waals surface area (Å²) >= 11 is 0. The molecule has 0 N–H and O–H groups in total. The lowest BCUT2D eigenvalue weighted by Crippen LogP contribution is -2.57. The number of amides is 1. The lowest BCUT2D eigenvalue weighted by Gasteiger charge is -2.47. The third-order valence-corrected chi connectivity index (χ3v) is 4.17. The van der Waals surface area contributed by atoms with Crippen LogP contribution in [-0.4, -0.2) is 25.6 Å². The Morgan fingerprint density at radius 1 is 1.08 bits per heavy atom. The Kier molecular flexibility index (Phi) is 4.51. The van der Waals surface area contributed by atoms with Crippen LogP contribution in [0.1, 0.15) is 18.5 Å². The van der Waals surface area contributed by atoms with Crippen LogP contribution in [0.15, 0.2) is 54.6 Å². The molecule has 1 amide bonds. The Balaban J connectivity index is 1.90. The van der Waals surface area contributed by atoms with Gasteiger partial charge in [0.2, 0.25) is 5.91 Å². The topological polar surface area (TPSA) is 55.8 Å². The minimum Gasteiger partial charge on any atom is -0.497 e. The highest BCUT2D eigenvalue weighted by Gasteiger charge is 2.49. The number of carbonyl (C=O) groups is 2. The summed E-state index contributed by atoms with van der Waals surface area (Å²) in [5.41, 5.74) is 1.82. The molecule has 2 aromatic carbocycles. The summed E-state index contributed by atoms with van der Waals surface area (Å²) in [4.78, 5) is 25.4. The van der Waals surface area contributed by atoms with Gasteiger partial charge in [0.25, 0.3) is 0 Å². The zero-order valence-electron chi connectivity index (χ0n) is 13.6. The predicted molar refractivity (Wildman–Crippen MR) is 89.8 cm³/mol. The SMILES string of the molecule is COc1ccc([C@H]2[C@@H](COC(C)=O)C(=O)N2c2ccccc2)cc1. The number of anilines is 1. The first-order valence-corrected chi connectivity index (χ1v) is 7.77. The van der Waals surface area contributed by atoms with E-state index >= 15 is 0 Å². The van der Waals surface area contributed by atoms with Crippen molar-refractivity contribution in [1.29, 1.82) is 0 Å². The van der Waals surface area contributed by atoms with Crippen LogP contribution in [-0.2, 0) is 14.3 Å². The molecule has 0 radical (unpaired) electrons. The second-order valence-corrected chi connectivity index (χ2v) is 5.67. The molecule has 0 aliphatic carbocycles. The van der Waals surface area contributed by atoms with Crippen molar-refractivity contribution in [3.63, 3.8) is 0 Å². The number of esters is 1. The first-order valence-electron chi connectivity index (χ1n) is 7.77. The molecule has 0 aromatic heterocycles. The van der Waals surface area contributed by atoms with E-state index in [0.29, 0.717) is 0 Å². The number of nitrogens with zero attached hydrogens (tertiary/aromatic N) is 1. The van der Waals surface area contributed by atoms with Crippen molar-refractivity contribution in [1.82, 2.24) is 0 Å². The maximum atomic E-state index is 12.6. The van der Waals surface area contributed by atoms with Gasteiger partial charge in [0.05, 0.1) is 19.1 Å². The molecule has 5 heteroatoms. The standard InChI is InChI=1S/C19H19NO4/c1-13(21)24-12-17-18(14-8-10-16(23-2)11-9-14)20(19(17)22)15-6-4-3-5-7-15/h3-11,17-18H,12H2,1-2H3/t17-,18+/m1/s1. The molecule has 2 aromatic rings. The van der Waals surface area contributed by atoms with E-state index in [9.17, 15) is 9.59 Å². The zero-order valence-corrected chi connectivity index (χ0v) is 13.6. The highest BCUT2D eigenvalue weighted by Crippen LogP contribution is 2.43. The lowest BCUT2D eigenvalue weighted by atomic mass is 9.82. The van der Waals surface area contributed by atoms with E-state index in [1.807, 2.05) is 54.6 Å². The van der Waals surface area contributed by atoms with Gasteiger partial charge in [0.1, 0.15) is 12.4 Å². The first-order chi connectivity index (χ1) is 11.6. The van der Waals surface area contributed by atoms with Crippen LogP contribution in [0, 0.1) is 5.92 Å². The van der Waals surface area contributed by atoms with Crippen LogP contribution < -0.4 is 9.64 Å². The van der Waals surface area contributed by atoms with E-state index in [-0.39, 0.29) is 30.4 Å². The molecule has 0 bridgehead atoms. The van der Waals surface area contributed by atoms with Gasteiger partial charge in [0, 0.05) is 12.6 Å². The number of hydrogen-bond acceptors (Lipinski definition) is 4. The Labute approximate surface area is 140 Å². The number of rotatable bonds is 5. The molecular weight excluding hydrogens is 306 g/mol. The number of methoxy groups -OCH3 is 1. The molecule has 124 valence electrons. The minimum atomic E-state index is -0.380. The molecule has 0 saturated carbocycles. The van der Waals surface area contributed by atoms with Gasteiger partial charge in [-0.2, -0.15) is 0 Å². The monoisotopic (exact) mass is 325 g/mol. The molecule has 5 nitrogen and oxygen atoms in total. The molecule has 24 heavy (non-hydrogen) atoms. The van der Waals surface area contributed by atoms with Crippen molar-refractivity contribution in [2.45, 2.75) is 13.0 Å². The molecule has 1 heterocycles. The summed E-state index contributed by atoms with van der Waals surface area (Å²) in [5, 5.41) is 0. The molecular formula is C19H19NO4. The van der Waals surface area contributed by atoms with Gasteiger partial charge < -0.3 is 14.4 Å². The summed E-state index contributed by atoms with van der Waals surface area (Å²) in [7, 11) is 1.61. The van der Waals surface area contributed by atoms with Gasteiger partial charge >= 0.3 is 5.97 Å². The van der Waals surface area contributed by atoms with Crippen molar-refractivity contribution >= 4 is 17.6 Å². The Bertz CT molecular complexity index is 727. The number of carbonyl (C=O) groups excluding carboxylic acids is 2. The van der Waals surface area contributed by atoms with Crippen molar-refractivity contribution < 1.29 is 19.1 Å². The lowest BCUT2D eigenvalue weighted by molar-refractivity contribution is -0.146. The Morgan fingerprint density at radius 2 is 1.75 bits per heavy atom. The molecule has 1 saturated heterocycles. The minimum absolute atomic E-state index is 0.0386. The molecule has 1 aliphatic rings. The van der Waals surface area contributed by atoms with Gasteiger partial charge in [0.15, 0.2) is 0 Å². The van der Waals surface area contributed by atoms with Crippen LogP contribution in [0.3, 0.4) is 0 Å². The van der Waals surface area contributed by atoms with E-state index < -0.39 is 0 Å². The van der Waals surface area contributed by atoms with E-state index in [4.69, 9.17) is 9.47 Å². The van der Waals surface area contributed by atoms with Crippen LogP contribution in [0.25, 0.3) is 0 Å². The van der Waals surface area contributed by atoms with Gasteiger partial charge in [-0.3, -0.25) is 9.59 Å². The summed E-state index contributed by atoms with van der Waals surface area (Å²) in [5.74, 6) is -0.0348. The van der Waals surface area contributed by atoms with E-state index in [1.165, 1.54) is 6.92 Å². The molecule has 1 fully saturated rings. The van der Waals surface area contributed by atoms with Gasteiger partial charge in [-0.15, -0.1) is 0 Å². The van der Waals surface area contributed by atoms with Crippen molar-refractivity contribution in [3.05, 3.63) is 60.2 Å². The number of hydrogen-bond donors (Lipinski definition) is 0. The normalized spacial score (nSPS) is 19.6. The van der Waals surface area contributed by atoms with E-state index in [1.54, 1.807) is 12.0 Å². The van der Waals surface area contributed by atoms with Crippen LogP contribution in [0.2, 0.25) is 0 Å².